The number of hydrogen-bond donors (Lipinski definition) is 3. The van der Waals surface area contributed by atoms with Crippen molar-refractivity contribution in [3.63, 3.8) is 0 Å². The topological polar surface area (TPSA) is 153 Å². The molecule has 11 heteroatoms. The van der Waals surface area contributed by atoms with Crippen LogP contribution in [0.5, 0.6) is 0 Å². The average molecular weight is 437 g/mol. The molecule has 2 aromatic heterocycles. The lowest BCUT2D eigenvalue weighted by atomic mass is 10.1. The number of aromatic nitrogens is 1. The number of benzene rings is 1. The van der Waals surface area contributed by atoms with E-state index >= 15 is 0 Å². The van der Waals surface area contributed by atoms with Gasteiger partial charge in [0.15, 0.2) is 0 Å². The van der Waals surface area contributed by atoms with Crippen LogP contribution in [0.2, 0.25) is 0 Å². The van der Waals surface area contributed by atoms with Crippen molar-refractivity contribution < 1.29 is 22.7 Å². The van der Waals surface area contributed by atoms with E-state index in [1.54, 1.807) is 31.2 Å². The fraction of sp³-hybridized carbons (Fsp3) is 0.278. The zero-order chi connectivity index (χ0) is 21.2. The molecule has 0 atom stereocenters. The van der Waals surface area contributed by atoms with Crippen molar-refractivity contribution in [1.82, 2.24) is 4.98 Å². The van der Waals surface area contributed by atoms with Gasteiger partial charge in [-0.15, -0.1) is 11.3 Å². The zero-order valence-electron chi connectivity index (χ0n) is 15.5. The van der Waals surface area contributed by atoms with Crippen molar-refractivity contribution in [3.8, 4) is 10.6 Å². The number of primary sulfonamides is 1. The van der Waals surface area contributed by atoms with Gasteiger partial charge in [0.05, 0.1) is 23.4 Å². The molecule has 0 spiro atoms. The molecule has 9 nitrogen and oxygen atoms in total. The highest BCUT2D eigenvalue weighted by atomic mass is 32.2. The molecule has 0 amide bonds. The molecule has 0 saturated heterocycles. The molecule has 0 saturated carbocycles. The molecule has 0 aliphatic carbocycles. The zero-order valence-corrected chi connectivity index (χ0v) is 17.1. The number of rotatable bonds is 8. The first-order valence-corrected chi connectivity index (χ1v) is 11.2. The van der Waals surface area contributed by atoms with Gasteiger partial charge in [-0.2, -0.15) is 0 Å². The summed E-state index contributed by atoms with van der Waals surface area (Å²) in [6.45, 7) is 2.10. The van der Waals surface area contributed by atoms with Gasteiger partial charge >= 0.3 is 11.6 Å². The second-order valence-electron chi connectivity index (χ2n) is 6.45. The Morgan fingerprint density at radius 2 is 2.10 bits per heavy atom. The Bertz CT molecular complexity index is 1230. The van der Waals surface area contributed by atoms with Gasteiger partial charge in [0.25, 0.3) is 0 Å². The minimum Gasteiger partial charge on any atom is -0.481 e. The number of anilines is 1. The first kappa shape index (κ1) is 21.0. The summed E-state index contributed by atoms with van der Waals surface area (Å²) in [5.74, 6) is -1.08. The SMILES string of the molecule is Cc1nc(-c2cc3ccc(NCCCS(N)(=O)=O)cc3oc2=O)sc1CC(=O)O. The van der Waals surface area contributed by atoms with E-state index in [-0.39, 0.29) is 17.7 Å². The van der Waals surface area contributed by atoms with Crippen LogP contribution in [0.15, 0.2) is 33.5 Å². The summed E-state index contributed by atoms with van der Waals surface area (Å²) < 4.78 is 27.3. The summed E-state index contributed by atoms with van der Waals surface area (Å²) >= 11 is 1.16. The lowest BCUT2D eigenvalue weighted by Crippen LogP contribution is -2.18. The standard InChI is InChI=1S/C18H19N3O6S2/c1-10-15(9-16(22)23)28-17(21-10)13-7-11-3-4-12(8-14(11)27-18(13)24)20-5-2-6-29(19,25)26/h3-4,7-8,20H,2,5-6,9H2,1H3,(H,22,23)(H2,19,25,26). The summed E-state index contributed by atoms with van der Waals surface area (Å²) in [6, 6.07) is 6.86. The molecule has 0 unspecified atom stereocenters. The van der Waals surface area contributed by atoms with E-state index in [0.717, 1.165) is 11.3 Å². The first-order valence-electron chi connectivity index (χ1n) is 8.63. The van der Waals surface area contributed by atoms with E-state index in [1.165, 1.54) is 0 Å². The molecule has 4 N–H and O–H groups in total. The van der Waals surface area contributed by atoms with Crippen molar-refractivity contribution in [2.24, 2.45) is 5.14 Å². The number of nitrogens with zero attached hydrogens (tertiary/aromatic N) is 1. The second-order valence-corrected chi connectivity index (χ2v) is 9.26. The van der Waals surface area contributed by atoms with Crippen LogP contribution in [0.25, 0.3) is 21.5 Å². The van der Waals surface area contributed by atoms with Crippen LogP contribution in [0.1, 0.15) is 17.0 Å². The third-order valence-corrected chi connectivity index (χ3v) is 6.15. The normalized spacial score (nSPS) is 11.7. The molecular weight excluding hydrogens is 418 g/mol. The van der Waals surface area contributed by atoms with Gasteiger partial charge < -0.3 is 14.8 Å². The van der Waals surface area contributed by atoms with Crippen LogP contribution in [-0.4, -0.2) is 36.8 Å². The third-order valence-electron chi connectivity index (χ3n) is 4.11. The van der Waals surface area contributed by atoms with E-state index in [2.05, 4.69) is 10.3 Å². The summed E-state index contributed by atoms with van der Waals surface area (Å²) in [5, 5.41) is 18.1. The quantitative estimate of drug-likeness (QED) is 0.357. The number of aliphatic carboxylic acids is 1. The Hall–Kier alpha value is -2.76. The summed E-state index contributed by atoms with van der Waals surface area (Å²) in [7, 11) is -3.50. The maximum atomic E-state index is 12.4. The number of fused-ring (bicyclic) bond motifs is 1. The molecule has 3 aromatic rings. The van der Waals surface area contributed by atoms with Gasteiger partial charge in [-0.3, -0.25) is 4.79 Å². The predicted octanol–water partition coefficient (Wildman–Crippen LogP) is 1.94. The summed E-state index contributed by atoms with van der Waals surface area (Å²) in [4.78, 5) is 28.3. The highest BCUT2D eigenvalue weighted by Crippen LogP contribution is 2.29. The van der Waals surface area contributed by atoms with Crippen LogP contribution in [0.4, 0.5) is 5.69 Å². The third kappa shape index (κ3) is 5.40. The molecule has 154 valence electrons. The van der Waals surface area contributed by atoms with Crippen LogP contribution < -0.4 is 16.1 Å². The van der Waals surface area contributed by atoms with E-state index in [4.69, 9.17) is 14.7 Å². The lowest BCUT2D eigenvalue weighted by Gasteiger charge is -2.07. The van der Waals surface area contributed by atoms with Crippen molar-refractivity contribution in [2.45, 2.75) is 19.8 Å². The van der Waals surface area contributed by atoms with E-state index in [1.807, 2.05) is 0 Å². The Kier molecular flexibility index (Phi) is 6.01. The number of aryl methyl sites for hydroxylation is 1. The van der Waals surface area contributed by atoms with Gasteiger partial charge in [-0.25, -0.2) is 23.3 Å². The smallest absolute Gasteiger partial charge is 0.346 e. The fourth-order valence-electron chi connectivity index (χ4n) is 2.72. The molecule has 0 aliphatic heterocycles. The lowest BCUT2D eigenvalue weighted by molar-refractivity contribution is -0.136. The van der Waals surface area contributed by atoms with E-state index in [9.17, 15) is 18.0 Å². The van der Waals surface area contributed by atoms with E-state index < -0.39 is 21.6 Å². The van der Waals surface area contributed by atoms with Gasteiger partial charge in [0.2, 0.25) is 10.0 Å². The highest BCUT2D eigenvalue weighted by molar-refractivity contribution is 7.89. The Morgan fingerprint density at radius 3 is 2.79 bits per heavy atom. The summed E-state index contributed by atoms with van der Waals surface area (Å²) in [5.41, 5.74) is 1.33. The Balaban J connectivity index is 1.83. The molecule has 3 rings (SSSR count). The van der Waals surface area contributed by atoms with Gasteiger partial charge in [0, 0.05) is 28.6 Å². The maximum Gasteiger partial charge on any atom is 0.346 e. The number of thiazole rings is 1. The molecule has 0 aliphatic rings. The van der Waals surface area contributed by atoms with Gasteiger partial charge in [-0.1, -0.05) is 0 Å². The number of nitrogens with two attached hydrogens (primary N) is 1. The monoisotopic (exact) mass is 437 g/mol. The van der Waals surface area contributed by atoms with Crippen molar-refractivity contribution >= 4 is 44.0 Å². The second kappa shape index (κ2) is 8.31. The van der Waals surface area contributed by atoms with Crippen molar-refractivity contribution in [1.29, 1.82) is 0 Å². The molecule has 29 heavy (non-hydrogen) atoms. The Labute approximate surface area is 170 Å². The minimum atomic E-state index is -3.50. The summed E-state index contributed by atoms with van der Waals surface area (Å²) in [6.07, 6.45) is 0.199. The first-order chi connectivity index (χ1) is 13.6. The molecule has 2 heterocycles. The fourth-order valence-corrected chi connectivity index (χ4v) is 4.32. The molecule has 1 aromatic carbocycles. The van der Waals surface area contributed by atoms with Crippen molar-refractivity contribution in [3.05, 3.63) is 45.3 Å². The van der Waals surface area contributed by atoms with Gasteiger partial charge in [-0.05, 0) is 31.5 Å². The van der Waals surface area contributed by atoms with Gasteiger partial charge in [0.1, 0.15) is 10.6 Å². The Morgan fingerprint density at radius 1 is 1.34 bits per heavy atom. The molecule has 0 radical (unpaired) electrons. The number of nitrogens with one attached hydrogen (secondary N) is 1. The van der Waals surface area contributed by atoms with Crippen LogP contribution >= 0.6 is 11.3 Å². The average Bonchev–Trinajstić information content (AvgIpc) is 2.97. The van der Waals surface area contributed by atoms with Crippen LogP contribution in [-0.2, 0) is 21.2 Å². The maximum absolute atomic E-state index is 12.4. The number of carbonyl (C=O) groups is 1. The highest BCUT2D eigenvalue weighted by Gasteiger charge is 2.16. The van der Waals surface area contributed by atoms with E-state index in [0.29, 0.717) is 45.2 Å². The molecule has 0 fully saturated rings. The largest absolute Gasteiger partial charge is 0.481 e. The van der Waals surface area contributed by atoms with Crippen molar-refractivity contribution in [2.75, 3.05) is 17.6 Å². The van der Waals surface area contributed by atoms with Crippen LogP contribution in [0.3, 0.4) is 0 Å². The number of carboxylic acid groups (broad SMARTS) is 1. The predicted molar refractivity (Wildman–Crippen MR) is 111 cm³/mol. The molecular formula is C18H19N3O6S2. The minimum absolute atomic E-state index is 0.122. The molecule has 0 bridgehead atoms. The number of hydrogen-bond acceptors (Lipinski definition) is 8. The number of sulfonamides is 1. The number of carboxylic acids is 1. The van der Waals surface area contributed by atoms with Crippen LogP contribution in [0, 0.1) is 6.92 Å².